The zero-order valence-electron chi connectivity index (χ0n) is 14.6. The van der Waals surface area contributed by atoms with Crippen LogP contribution in [0.5, 0.6) is 0 Å². The molecule has 0 saturated heterocycles. The summed E-state index contributed by atoms with van der Waals surface area (Å²) in [5.41, 5.74) is -1.37. The normalized spacial score (nSPS) is 11.7. The predicted molar refractivity (Wildman–Crippen MR) is 83.7 cm³/mol. The molecule has 0 atom stereocenters. The van der Waals surface area contributed by atoms with E-state index in [9.17, 15) is 14.4 Å². The van der Waals surface area contributed by atoms with E-state index in [2.05, 4.69) is 0 Å². The number of nitrogens with zero attached hydrogens (tertiary/aromatic N) is 1. The molecular weight excluding hydrogens is 286 g/mol. The highest BCUT2D eigenvalue weighted by atomic mass is 16.6. The summed E-state index contributed by atoms with van der Waals surface area (Å²) in [6.45, 7) is 10.6. The third-order valence-electron chi connectivity index (χ3n) is 2.43. The van der Waals surface area contributed by atoms with E-state index in [1.807, 2.05) is 0 Å². The molecule has 0 aliphatic heterocycles. The Morgan fingerprint density at radius 3 is 1.68 bits per heavy atom. The summed E-state index contributed by atoms with van der Waals surface area (Å²) >= 11 is 0. The summed E-state index contributed by atoms with van der Waals surface area (Å²) in [4.78, 5) is 35.6. The lowest BCUT2D eigenvalue weighted by atomic mass is 10.2. The second-order valence-corrected chi connectivity index (χ2v) is 7.13. The Hall–Kier alpha value is -1.59. The molecule has 0 fully saturated rings. The molecule has 0 heterocycles. The van der Waals surface area contributed by atoms with Gasteiger partial charge in [0, 0.05) is 13.0 Å². The number of aldehydes is 1. The Labute approximate surface area is 133 Å². The van der Waals surface area contributed by atoms with Crippen molar-refractivity contribution in [2.24, 2.45) is 0 Å². The molecule has 0 aromatic carbocycles. The Bertz CT molecular complexity index is 351. The number of ether oxygens (including phenoxy) is 2. The first-order valence-electron chi connectivity index (χ1n) is 7.63. The van der Waals surface area contributed by atoms with E-state index in [1.165, 1.54) is 0 Å². The quantitative estimate of drug-likeness (QED) is 0.548. The standard InChI is InChI=1S/C16H29NO5/c1-15(2,3)21-13(19)17(11-9-7-8-10-12-18)14(20)22-16(4,5)6/h12H,7-11H2,1-6H3. The number of imide groups is 1. The van der Waals surface area contributed by atoms with Crippen LogP contribution < -0.4 is 0 Å². The lowest BCUT2D eigenvalue weighted by Crippen LogP contribution is -2.44. The molecule has 0 saturated carbocycles. The molecular formula is C16H29NO5. The molecule has 0 radical (unpaired) electrons. The molecule has 22 heavy (non-hydrogen) atoms. The van der Waals surface area contributed by atoms with Crippen LogP contribution >= 0.6 is 0 Å². The molecule has 6 nitrogen and oxygen atoms in total. The van der Waals surface area contributed by atoms with Gasteiger partial charge in [-0.15, -0.1) is 0 Å². The highest BCUT2D eigenvalue weighted by Gasteiger charge is 2.30. The summed E-state index contributed by atoms with van der Waals surface area (Å²) in [6, 6.07) is 0. The van der Waals surface area contributed by atoms with E-state index in [1.54, 1.807) is 41.5 Å². The van der Waals surface area contributed by atoms with Gasteiger partial charge in [-0.25, -0.2) is 14.5 Å². The minimum Gasteiger partial charge on any atom is -0.443 e. The van der Waals surface area contributed by atoms with Gasteiger partial charge >= 0.3 is 12.2 Å². The van der Waals surface area contributed by atoms with Gasteiger partial charge in [-0.05, 0) is 54.4 Å². The van der Waals surface area contributed by atoms with Crippen molar-refractivity contribution < 1.29 is 23.9 Å². The van der Waals surface area contributed by atoms with Gasteiger partial charge < -0.3 is 14.3 Å². The average Bonchev–Trinajstić information content (AvgIpc) is 2.28. The van der Waals surface area contributed by atoms with Crippen molar-refractivity contribution in [1.82, 2.24) is 4.90 Å². The first-order valence-corrected chi connectivity index (χ1v) is 7.63. The van der Waals surface area contributed by atoms with Crippen molar-refractivity contribution in [3.8, 4) is 0 Å². The Morgan fingerprint density at radius 1 is 0.864 bits per heavy atom. The van der Waals surface area contributed by atoms with Crippen molar-refractivity contribution in [1.29, 1.82) is 0 Å². The van der Waals surface area contributed by atoms with Crippen LogP contribution in [0.1, 0.15) is 67.2 Å². The van der Waals surface area contributed by atoms with Gasteiger partial charge in [0.2, 0.25) is 0 Å². The van der Waals surface area contributed by atoms with Crippen LogP contribution in [0.25, 0.3) is 0 Å². The van der Waals surface area contributed by atoms with Crippen LogP contribution in [0.4, 0.5) is 9.59 Å². The van der Waals surface area contributed by atoms with E-state index in [4.69, 9.17) is 9.47 Å². The molecule has 2 amide bonds. The summed E-state index contributed by atoms with van der Waals surface area (Å²) in [6.07, 6.45) is 2.01. The van der Waals surface area contributed by atoms with E-state index in [-0.39, 0.29) is 6.54 Å². The van der Waals surface area contributed by atoms with Gasteiger partial charge in [0.25, 0.3) is 0 Å². The lowest BCUT2D eigenvalue weighted by Gasteiger charge is -2.28. The fourth-order valence-electron chi connectivity index (χ4n) is 1.57. The number of amides is 2. The molecule has 6 heteroatoms. The molecule has 0 aromatic rings. The molecule has 0 spiro atoms. The third-order valence-corrected chi connectivity index (χ3v) is 2.43. The van der Waals surface area contributed by atoms with E-state index in [0.717, 1.165) is 24.0 Å². The van der Waals surface area contributed by atoms with Crippen molar-refractivity contribution in [2.75, 3.05) is 6.54 Å². The van der Waals surface area contributed by atoms with Crippen LogP contribution in [0.3, 0.4) is 0 Å². The van der Waals surface area contributed by atoms with Crippen molar-refractivity contribution in [3.05, 3.63) is 0 Å². The summed E-state index contributed by atoms with van der Waals surface area (Å²) in [5, 5.41) is 0. The number of carbonyl (C=O) groups excluding carboxylic acids is 3. The zero-order valence-corrected chi connectivity index (χ0v) is 14.6. The number of unbranched alkanes of at least 4 members (excludes halogenated alkanes) is 3. The fourth-order valence-corrected chi connectivity index (χ4v) is 1.57. The van der Waals surface area contributed by atoms with E-state index in [0.29, 0.717) is 12.8 Å². The highest BCUT2D eigenvalue weighted by Crippen LogP contribution is 2.15. The fraction of sp³-hybridized carbons (Fsp3) is 0.812. The number of carbonyl (C=O) groups is 3. The first kappa shape index (κ1) is 20.4. The molecule has 0 aliphatic rings. The average molecular weight is 315 g/mol. The molecule has 0 aliphatic carbocycles. The topological polar surface area (TPSA) is 72.9 Å². The molecule has 0 rings (SSSR count). The molecule has 0 N–H and O–H groups in total. The predicted octanol–water partition coefficient (Wildman–Crippen LogP) is 3.92. The van der Waals surface area contributed by atoms with Gasteiger partial charge in [-0.2, -0.15) is 0 Å². The maximum Gasteiger partial charge on any atom is 0.419 e. The maximum absolute atomic E-state index is 12.2. The molecule has 0 aromatic heterocycles. The smallest absolute Gasteiger partial charge is 0.419 e. The SMILES string of the molecule is CC(C)(C)OC(=O)N(CCCCCC=O)C(=O)OC(C)(C)C. The highest BCUT2D eigenvalue weighted by molar-refractivity contribution is 5.88. The van der Waals surface area contributed by atoms with Crippen molar-refractivity contribution in [3.63, 3.8) is 0 Å². The number of hydrogen-bond donors (Lipinski definition) is 0. The lowest BCUT2D eigenvalue weighted by molar-refractivity contribution is -0.108. The van der Waals surface area contributed by atoms with Crippen LogP contribution in [0.15, 0.2) is 0 Å². The van der Waals surface area contributed by atoms with Crippen molar-refractivity contribution >= 4 is 18.5 Å². The third kappa shape index (κ3) is 10.2. The number of rotatable bonds is 6. The van der Waals surface area contributed by atoms with Gasteiger partial charge in [0.05, 0.1) is 0 Å². The first-order chi connectivity index (χ1) is 9.96. The van der Waals surface area contributed by atoms with Gasteiger partial charge in [-0.3, -0.25) is 0 Å². The second kappa shape index (κ2) is 8.76. The van der Waals surface area contributed by atoms with Crippen LogP contribution in [-0.2, 0) is 14.3 Å². The maximum atomic E-state index is 12.2. The summed E-state index contributed by atoms with van der Waals surface area (Å²) in [7, 11) is 0. The van der Waals surface area contributed by atoms with Crippen LogP contribution in [0.2, 0.25) is 0 Å². The summed E-state index contributed by atoms with van der Waals surface area (Å²) < 4.78 is 10.5. The molecule has 128 valence electrons. The Kier molecular flexibility index (Phi) is 8.12. The monoisotopic (exact) mass is 315 g/mol. The second-order valence-electron chi connectivity index (χ2n) is 7.13. The minimum absolute atomic E-state index is 0.211. The van der Waals surface area contributed by atoms with Gasteiger partial charge in [0.1, 0.15) is 17.5 Å². The Balaban J connectivity index is 4.72. The van der Waals surface area contributed by atoms with Gasteiger partial charge in [-0.1, -0.05) is 6.42 Å². The van der Waals surface area contributed by atoms with Crippen molar-refractivity contribution in [2.45, 2.75) is 78.4 Å². The van der Waals surface area contributed by atoms with E-state index < -0.39 is 23.4 Å². The van der Waals surface area contributed by atoms with Crippen LogP contribution in [0, 0.1) is 0 Å². The zero-order chi connectivity index (χ0) is 17.4. The number of hydrogen-bond acceptors (Lipinski definition) is 5. The Morgan fingerprint density at radius 2 is 1.32 bits per heavy atom. The van der Waals surface area contributed by atoms with Crippen LogP contribution in [-0.4, -0.2) is 41.1 Å². The minimum atomic E-state index is -0.711. The summed E-state index contributed by atoms with van der Waals surface area (Å²) in [5.74, 6) is 0. The van der Waals surface area contributed by atoms with E-state index >= 15 is 0 Å². The molecule has 0 bridgehead atoms. The van der Waals surface area contributed by atoms with Gasteiger partial charge in [0.15, 0.2) is 0 Å². The largest absolute Gasteiger partial charge is 0.443 e. The molecule has 0 unspecified atom stereocenters.